The molecule has 0 N–H and O–H groups in total. The molecule has 2 amide bonds. The summed E-state index contributed by atoms with van der Waals surface area (Å²) in [7, 11) is -3.73. The fraction of sp³-hybridized carbons (Fsp3) is 0.382. The van der Waals surface area contributed by atoms with Crippen molar-refractivity contribution in [1.82, 2.24) is 4.90 Å². The van der Waals surface area contributed by atoms with Gasteiger partial charge in [-0.1, -0.05) is 76.6 Å². The number of benzene rings is 3. The number of ketones is 1. The number of rotatable bonds is 12. The minimum absolute atomic E-state index is 0.0223. The average molecular weight is 700 g/mol. The van der Waals surface area contributed by atoms with Crippen molar-refractivity contribution >= 4 is 47.0 Å². The van der Waals surface area contributed by atoms with Gasteiger partial charge in [0.2, 0.25) is 5.91 Å². The van der Waals surface area contributed by atoms with Crippen LogP contribution in [0.5, 0.6) is 0 Å². The smallest absolute Gasteiger partial charge is 0.416 e. The third-order valence-electron chi connectivity index (χ3n) is 7.34. The number of nitrogens with zero attached hydrogens (tertiary/aromatic N) is 2. The van der Waals surface area contributed by atoms with E-state index < -0.39 is 36.9 Å². The van der Waals surface area contributed by atoms with Gasteiger partial charge < -0.3 is 18.7 Å². The van der Waals surface area contributed by atoms with Crippen molar-refractivity contribution in [3.8, 4) is 0 Å². The highest BCUT2D eigenvalue weighted by atomic mass is 79.9. The summed E-state index contributed by atoms with van der Waals surface area (Å²) in [5.41, 5.74) is -0.216. The van der Waals surface area contributed by atoms with E-state index in [0.717, 1.165) is 5.56 Å². The highest BCUT2D eigenvalue weighted by Gasteiger charge is 2.57. The Bertz CT molecular complexity index is 1570. The first-order chi connectivity index (χ1) is 21.3. The second-order valence-electron chi connectivity index (χ2n) is 11.7. The van der Waals surface area contributed by atoms with Gasteiger partial charge in [-0.25, -0.2) is 4.79 Å². The monoisotopic (exact) mass is 698 g/mol. The lowest BCUT2D eigenvalue weighted by Gasteiger charge is -2.40. The predicted molar refractivity (Wildman–Crippen MR) is 178 cm³/mol. The topological polar surface area (TPSA) is 102 Å². The molecule has 0 fully saturated rings. The van der Waals surface area contributed by atoms with Crippen molar-refractivity contribution in [1.29, 1.82) is 0 Å². The van der Waals surface area contributed by atoms with Crippen molar-refractivity contribution < 1.29 is 32.7 Å². The zero-order valence-corrected chi connectivity index (χ0v) is 28.8. The average Bonchev–Trinajstić information content (AvgIpc) is 3.23. The summed E-state index contributed by atoms with van der Waals surface area (Å²) in [4.78, 5) is 45.6. The predicted octanol–water partition coefficient (Wildman–Crippen LogP) is 7.97. The van der Waals surface area contributed by atoms with Gasteiger partial charge in [-0.05, 0) is 58.4 Å². The molecule has 1 aliphatic heterocycles. The van der Waals surface area contributed by atoms with Gasteiger partial charge in [-0.15, -0.1) is 0 Å². The lowest BCUT2D eigenvalue weighted by Crippen LogP contribution is -2.54. The van der Waals surface area contributed by atoms with E-state index in [2.05, 4.69) is 15.9 Å². The Labute approximate surface area is 273 Å². The molecule has 9 nitrogen and oxygen atoms in total. The molecule has 0 saturated carbocycles. The van der Waals surface area contributed by atoms with Gasteiger partial charge in [0, 0.05) is 35.1 Å². The second kappa shape index (κ2) is 14.4. The third-order valence-corrected chi connectivity index (χ3v) is 9.99. The zero-order chi connectivity index (χ0) is 32.8. The molecule has 1 aliphatic rings. The normalized spacial score (nSPS) is 16.4. The Morgan fingerprint density at radius 2 is 1.51 bits per heavy atom. The molecule has 0 unspecified atom stereocenters. The van der Waals surface area contributed by atoms with E-state index in [0.29, 0.717) is 21.3 Å². The van der Waals surface area contributed by atoms with E-state index in [-0.39, 0.29) is 38.5 Å². The van der Waals surface area contributed by atoms with Gasteiger partial charge in [0.15, 0.2) is 5.78 Å². The van der Waals surface area contributed by atoms with Gasteiger partial charge >= 0.3 is 13.7 Å². The van der Waals surface area contributed by atoms with Crippen molar-refractivity contribution in [2.24, 2.45) is 0 Å². The van der Waals surface area contributed by atoms with E-state index in [4.69, 9.17) is 13.8 Å². The van der Waals surface area contributed by atoms with Crippen molar-refractivity contribution in [2.75, 3.05) is 30.8 Å². The van der Waals surface area contributed by atoms with Crippen LogP contribution in [-0.4, -0.2) is 54.2 Å². The van der Waals surface area contributed by atoms with Gasteiger partial charge in [-0.2, -0.15) is 0 Å². The van der Waals surface area contributed by atoms with Crippen LogP contribution in [0.25, 0.3) is 0 Å². The van der Waals surface area contributed by atoms with E-state index >= 15 is 0 Å². The van der Waals surface area contributed by atoms with Crippen LogP contribution in [0.4, 0.5) is 10.5 Å². The SMILES string of the molecule is CCOP(=O)(CC(=O)N(CC[C@]1(c2ccccc2Br)C(=O)c2ccccc2N1C(=O)OC(C)(C)C)Cc1ccccc1)OCC. The molecular weight excluding hydrogens is 659 g/mol. The maximum atomic E-state index is 14.6. The third kappa shape index (κ3) is 7.75. The summed E-state index contributed by atoms with van der Waals surface area (Å²) in [6.07, 6.45) is -1.13. The van der Waals surface area contributed by atoms with Crippen LogP contribution in [-0.2, 0) is 35.2 Å². The zero-order valence-electron chi connectivity index (χ0n) is 26.3. The molecular formula is C34H40BrN2O7P. The molecule has 4 rings (SSSR count). The number of halogens is 1. The van der Waals surface area contributed by atoms with Gasteiger partial charge in [0.25, 0.3) is 0 Å². The molecule has 0 aliphatic carbocycles. The number of hydrogen-bond donors (Lipinski definition) is 0. The molecule has 3 aromatic carbocycles. The van der Waals surface area contributed by atoms with Gasteiger partial charge in [0.05, 0.1) is 18.9 Å². The van der Waals surface area contributed by atoms with Crippen molar-refractivity contribution in [3.05, 3.63) is 100 Å². The Hall–Kier alpha value is -3.30. The second-order valence-corrected chi connectivity index (χ2v) is 14.6. The number of para-hydroxylation sites is 1. The quantitative estimate of drug-likeness (QED) is 0.177. The van der Waals surface area contributed by atoms with Crippen LogP contribution < -0.4 is 4.90 Å². The largest absolute Gasteiger partial charge is 0.443 e. The lowest BCUT2D eigenvalue weighted by molar-refractivity contribution is -0.129. The summed E-state index contributed by atoms with van der Waals surface area (Å²) >= 11 is 3.63. The van der Waals surface area contributed by atoms with Crippen LogP contribution >= 0.6 is 23.5 Å². The minimum Gasteiger partial charge on any atom is -0.443 e. The number of carbonyl (C=O) groups is 3. The summed E-state index contributed by atoms with van der Waals surface area (Å²) in [6, 6.07) is 23.6. The molecule has 0 radical (unpaired) electrons. The van der Waals surface area contributed by atoms with Crippen LogP contribution in [0, 0.1) is 0 Å². The van der Waals surface area contributed by atoms with Crippen LogP contribution in [0.15, 0.2) is 83.3 Å². The minimum atomic E-state index is -3.73. The number of fused-ring (bicyclic) bond motifs is 1. The Balaban J connectivity index is 1.83. The van der Waals surface area contributed by atoms with E-state index in [9.17, 15) is 18.9 Å². The van der Waals surface area contributed by atoms with E-state index in [1.807, 2.05) is 42.5 Å². The van der Waals surface area contributed by atoms with Crippen LogP contribution in [0.2, 0.25) is 0 Å². The first-order valence-corrected chi connectivity index (χ1v) is 17.5. The van der Waals surface area contributed by atoms with E-state index in [1.165, 1.54) is 4.90 Å². The number of hydrogen-bond acceptors (Lipinski definition) is 7. The van der Waals surface area contributed by atoms with Crippen LogP contribution in [0.3, 0.4) is 0 Å². The maximum absolute atomic E-state index is 14.6. The Morgan fingerprint density at radius 3 is 2.13 bits per heavy atom. The summed E-state index contributed by atoms with van der Waals surface area (Å²) in [6.45, 7) is 9.13. The van der Waals surface area contributed by atoms with Gasteiger partial charge in [-0.3, -0.25) is 19.1 Å². The maximum Gasteiger partial charge on any atom is 0.416 e. The van der Waals surface area contributed by atoms with Gasteiger partial charge in [0.1, 0.15) is 17.3 Å². The van der Waals surface area contributed by atoms with E-state index in [1.54, 1.807) is 75.9 Å². The molecule has 45 heavy (non-hydrogen) atoms. The molecule has 0 bridgehead atoms. The number of carbonyl (C=O) groups excluding carboxylic acids is 3. The molecule has 3 aromatic rings. The first-order valence-electron chi connectivity index (χ1n) is 15.0. The highest BCUT2D eigenvalue weighted by molar-refractivity contribution is 9.10. The molecule has 0 saturated heterocycles. The standard InChI is InChI=1S/C34H40BrN2O7P/c1-6-42-45(41,43-7-2)24-30(38)36(23-25-15-9-8-10-16-25)22-21-34(27-18-12-13-19-28(27)35)31(39)26-17-11-14-20-29(26)37(34)32(40)44-33(3,4)5/h8-20H,6-7,21-24H2,1-5H3/t34-/m0/s1. The first kappa shape index (κ1) is 34.6. The fourth-order valence-corrected chi connectivity index (χ4v) is 7.72. The Morgan fingerprint density at radius 1 is 0.911 bits per heavy atom. The summed E-state index contributed by atoms with van der Waals surface area (Å²) in [5.74, 6) is -0.754. The fourth-order valence-electron chi connectivity index (χ4n) is 5.53. The van der Waals surface area contributed by atoms with Crippen molar-refractivity contribution in [2.45, 2.75) is 58.7 Å². The number of amides is 2. The molecule has 0 spiro atoms. The van der Waals surface area contributed by atoms with Crippen molar-refractivity contribution in [3.63, 3.8) is 0 Å². The number of anilines is 1. The molecule has 0 aromatic heterocycles. The Kier molecular flexibility index (Phi) is 11.1. The molecule has 1 atom stereocenters. The lowest BCUT2D eigenvalue weighted by atomic mass is 9.81. The molecule has 1 heterocycles. The van der Waals surface area contributed by atoms with Crippen LogP contribution in [0.1, 0.15) is 62.5 Å². The molecule has 240 valence electrons. The number of ether oxygens (including phenoxy) is 1. The number of Topliss-reactive ketones (excluding diaryl/α,β-unsaturated/α-hetero) is 1. The highest BCUT2D eigenvalue weighted by Crippen LogP contribution is 2.51. The molecule has 11 heteroatoms. The summed E-state index contributed by atoms with van der Waals surface area (Å²) < 4.78 is 30.8. The summed E-state index contributed by atoms with van der Waals surface area (Å²) in [5, 5.41) is 0.